The highest BCUT2D eigenvalue weighted by molar-refractivity contribution is 7.99. The third kappa shape index (κ3) is 3.55. The zero-order valence-corrected chi connectivity index (χ0v) is 9.80. The fraction of sp³-hybridized carbons (Fsp3) is 0.875. The lowest BCUT2D eigenvalue weighted by Gasteiger charge is -2.12. The molecule has 0 bridgehead atoms. The van der Waals surface area contributed by atoms with E-state index < -0.39 is 4.33 Å². The van der Waals surface area contributed by atoms with Gasteiger partial charge in [-0.05, 0) is 39.1 Å². The van der Waals surface area contributed by atoms with Crippen LogP contribution < -0.4 is 0 Å². The van der Waals surface area contributed by atoms with Crippen molar-refractivity contribution in [1.29, 1.82) is 0 Å². The van der Waals surface area contributed by atoms with E-state index in [4.69, 9.17) is 23.2 Å². The van der Waals surface area contributed by atoms with Crippen LogP contribution in [0.1, 0.15) is 27.2 Å². The number of hydrogen-bond donors (Lipinski definition) is 0. The summed E-state index contributed by atoms with van der Waals surface area (Å²) in [6.45, 7) is 6.36. The topological polar surface area (TPSA) is 12.4 Å². The summed E-state index contributed by atoms with van der Waals surface area (Å²) in [5, 5.41) is 0. The van der Waals surface area contributed by atoms with Crippen LogP contribution in [0.25, 0.3) is 0 Å². The first kappa shape index (κ1) is 10.7. The highest BCUT2D eigenvalue weighted by Crippen LogP contribution is 2.52. The lowest BCUT2D eigenvalue weighted by Crippen LogP contribution is -2.05. The summed E-state index contributed by atoms with van der Waals surface area (Å²) < 4.78 is 3.87. The average molecular weight is 226 g/mol. The van der Waals surface area contributed by atoms with E-state index in [9.17, 15) is 0 Å². The van der Waals surface area contributed by atoms with Crippen LogP contribution in [0.5, 0.6) is 0 Å². The molecule has 4 heteroatoms. The van der Waals surface area contributed by atoms with Crippen LogP contribution in [0.2, 0.25) is 0 Å². The minimum atomic E-state index is -0.526. The van der Waals surface area contributed by atoms with Gasteiger partial charge < -0.3 is 0 Å². The first-order valence-electron chi connectivity index (χ1n) is 3.91. The molecule has 1 rings (SSSR count). The Morgan fingerprint density at radius 1 is 1.50 bits per heavy atom. The third-order valence-corrected chi connectivity index (χ3v) is 3.09. The highest BCUT2D eigenvalue weighted by Gasteiger charge is 2.50. The number of alkyl halides is 2. The van der Waals surface area contributed by atoms with Crippen molar-refractivity contribution in [3.05, 3.63) is 0 Å². The molecule has 1 aliphatic carbocycles. The Labute approximate surface area is 88.0 Å². The van der Waals surface area contributed by atoms with Gasteiger partial charge in [0.2, 0.25) is 0 Å². The minimum absolute atomic E-state index is 0.173. The lowest BCUT2D eigenvalue weighted by molar-refractivity contribution is 0.804. The molecule has 12 heavy (non-hydrogen) atoms. The van der Waals surface area contributed by atoms with Crippen LogP contribution >= 0.6 is 35.1 Å². The van der Waals surface area contributed by atoms with Gasteiger partial charge in [-0.25, -0.2) is 4.40 Å². The predicted molar refractivity (Wildman–Crippen MR) is 58.4 cm³/mol. The van der Waals surface area contributed by atoms with Crippen molar-refractivity contribution in [2.75, 3.05) is 0 Å². The van der Waals surface area contributed by atoms with E-state index in [1.54, 1.807) is 11.9 Å². The molecule has 0 aromatic rings. The van der Waals surface area contributed by atoms with E-state index in [0.717, 1.165) is 6.42 Å². The van der Waals surface area contributed by atoms with E-state index >= 15 is 0 Å². The van der Waals surface area contributed by atoms with Crippen molar-refractivity contribution in [2.45, 2.75) is 36.3 Å². The van der Waals surface area contributed by atoms with E-state index in [-0.39, 0.29) is 10.7 Å². The maximum absolute atomic E-state index is 5.82. The summed E-state index contributed by atoms with van der Waals surface area (Å²) >= 11 is 13.2. The Morgan fingerprint density at radius 3 is 2.33 bits per heavy atom. The first-order valence-corrected chi connectivity index (χ1v) is 5.44. The molecule has 70 valence electrons. The number of rotatable bonds is 2. The van der Waals surface area contributed by atoms with Crippen molar-refractivity contribution in [3.63, 3.8) is 0 Å². The Hall–Kier alpha value is 0.600. The van der Waals surface area contributed by atoms with Crippen LogP contribution in [0.4, 0.5) is 0 Å². The predicted octanol–water partition coefficient (Wildman–Crippen LogP) is 3.70. The molecular weight excluding hydrogens is 213 g/mol. The summed E-state index contributed by atoms with van der Waals surface area (Å²) in [6.07, 6.45) is 2.69. The molecule has 1 saturated carbocycles. The fourth-order valence-corrected chi connectivity index (χ4v) is 1.63. The molecule has 1 nitrogen and oxygen atoms in total. The van der Waals surface area contributed by atoms with Crippen molar-refractivity contribution < 1.29 is 0 Å². The second kappa shape index (κ2) is 3.39. The van der Waals surface area contributed by atoms with Crippen LogP contribution in [-0.2, 0) is 0 Å². The van der Waals surface area contributed by atoms with Gasteiger partial charge in [0.15, 0.2) is 0 Å². The quantitative estimate of drug-likeness (QED) is 0.397. The Balaban J connectivity index is 2.25. The van der Waals surface area contributed by atoms with E-state index in [1.165, 1.54) is 0 Å². The Kier molecular flexibility index (Phi) is 3.02. The minimum Gasteiger partial charge on any atom is -0.228 e. The molecule has 1 fully saturated rings. The molecule has 0 amide bonds. The third-order valence-electron chi connectivity index (χ3n) is 1.44. The molecule has 0 saturated heterocycles. The Bertz CT molecular complexity index is 196. The SMILES string of the molecule is CC(C)(C)SN=C[C@H]1CC1(Cl)Cl. The van der Waals surface area contributed by atoms with Gasteiger partial charge in [-0.3, -0.25) is 0 Å². The summed E-state index contributed by atoms with van der Waals surface area (Å²) in [4.78, 5) is 0. The molecule has 0 spiro atoms. The number of halogens is 2. The van der Waals surface area contributed by atoms with Crippen molar-refractivity contribution in [2.24, 2.45) is 10.3 Å². The summed E-state index contributed by atoms with van der Waals surface area (Å²) in [6, 6.07) is 0. The molecule has 0 heterocycles. The average Bonchev–Trinajstić information content (AvgIpc) is 2.36. The maximum atomic E-state index is 5.82. The second-order valence-corrected chi connectivity index (χ2v) is 7.19. The van der Waals surface area contributed by atoms with Gasteiger partial charge in [0.1, 0.15) is 4.33 Å². The van der Waals surface area contributed by atoms with Crippen LogP contribution in [0.3, 0.4) is 0 Å². The number of hydrogen-bond acceptors (Lipinski definition) is 2. The van der Waals surface area contributed by atoms with E-state index in [0.29, 0.717) is 0 Å². The lowest BCUT2D eigenvalue weighted by atomic mass is 10.3. The molecule has 1 aliphatic rings. The van der Waals surface area contributed by atoms with Gasteiger partial charge in [-0.15, -0.1) is 23.2 Å². The molecule has 0 aliphatic heterocycles. The molecule has 0 aromatic heterocycles. The van der Waals surface area contributed by atoms with Gasteiger partial charge in [0.25, 0.3) is 0 Å². The fourth-order valence-electron chi connectivity index (χ4n) is 0.658. The second-order valence-electron chi connectivity index (χ2n) is 4.03. The van der Waals surface area contributed by atoms with E-state index in [2.05, 4.69) is 25.2 Å². The van der Waals surface area contributed by atoms with Crippen molar-refractivity contribution >= 4 is 41.4 Å². The molecule has 0 aromatic carbocycles. The first-order chi connectivity index (χ1) is 5.31. The normalized spacial score (nSPS) is 27.9. The highest BCUT2D eigenvalue weighted by atomic mass is 35.5. The van der Waals surface area contributed by atoms with Crippen molar-refractivity contribution in [1.82, 2.24) is 0 Å². The van der Waals surface area contributed by atoms with Gasteiger partial charge in [-0.1, -0.05) is 0 Å². The van der Waals surface area contributed by atoms with Crippen LogP contribution in [0.15, 0.2) is 4.40 Å². The van der Waals surface area contributed by atoms with Gasteiger partial charge in [-0.2, -0.15) is 0 Å². The van der Waals surface area contributed by atoms with Crippen LogP contribution in [-0.4, -0.2) is 15.3 Å². The Morgan fingerprint density at radius 2 is 2.00 bits per heavy atom. The zero-order valence-electron chi connectivity index (χ0n) is 7.47. The van der Waals surface area contributed by atoms with Gasteiger partial charge in [0.05, 0.1) is 0 Å². The largest absolute Gasteiger partial charge is 0.228 e. The summed E-state index contributed by atoms with van der Waals surface area (Å²) in [5.74, 6) is 0.260. The van der Waals surface area contributed by atoms with Gasteiger partial charge in [0, 0.05) is 16.9 Å². The zero-order chi connectivity index (χ0) is 9.41. The number of nitrogens with zero attached hydrogens (tertiary/aromatic N) is 1. The summed E-state index contributed by atoms with van der Waals surface area (Å²) in [5.41, 5.74) is 0. The smallest absolute Gasteiger partial charge is 0.126 e. The molecule has 1 atom stereocenters. The van der Waals surface area contributed by atoms with Crippen molar-refractivity contribution in [3.8, 4) is 0 Å². The molecule has 0 unspecified atom stereocenters. The molecule has 0 N–H and O–H groups in total. The summed E-state index contributed by atoms with van der Waals surface area (Å²) in [7, 11) is 0. The monoisotopic (exact) mass is 225 g/mol. The van der Waals surface area contributed by atoms with E-state index in [1.807, 2.05) is 6.21 Å². The maximum Gasteiger partial charge on any atom is 0.126 e. The molecular formula is C8H13Cl2NS. The van der Waals surface area contributed by atoms with Crippen LogP contribution in [0, 0.1) is 5.92 Å². The standard InChI is InChI=1S/C8H13Cl2NS/c1-7(2,3)12-11-5-6-4-8(6,9)10/h5-6H,4H2,1-3H3/t6-/m1/s1. The molecule has 0 radical (unpaired) electrons. The van der Waals surface area contributed by atoms with Gasteiger partial charge >= 0.3 is 0 Å².